The van der Waals surface area contributed by atoms with Crippen LogP contribution < -0.4 is 15.2 Å². The second-order valence-corrected chi connectivity index (χ2v) is 2.97. The summed E-state index contributed by atoms with van der Waals surface area (Å²) in [4.78, 5) is 10.6. The van der Waals surface area contributed by atoms with Gasteiger partial charge in [-0.3, -0.25) is 0 Å². The molecule has 0 saturated carbocycles. The van der Waals surface area contributed by atoms with Gasteiger partial charge < -0.3 is 13.9 Å². The molecule has 2 rings (SSSR count). The Bertz CT molecular complexity index is 500. The van der Waals surface area contributed by atoms with E-state index in [1.54, 1.807) is 31.4 Å². The maximum atomic E-state index is 10.6. The van der Waals surface area contributed by atoms with Gasteiger partial charge in [0, 0.05) is 0 Å². The fourth-order valence-electron chi connectivity index (χ4n) is 1.14. The van der Waals surface area contributed by atoms with Gasteiger partial charge in [0.15, 0.2) is 6.61 Å². The van der Waals surface area contributed by atoms with Crippen LogP contribution in [-0.2, 0) is 6.61 Å². The summed E-state index contributed by atoms with van der Waals surface area (Å²) in [6, 6.07) is 7.05. The van der Waals surface area contributed by atoms with Gasteiger partial charge in [-0.1, -0.05) is 0 Å². The quantitative estimate of drug-likeness (QED) is 0.833. The highest BCUT2D eigenvalue weighted by Crippen LogP contribution is 2.17. The topological polar surface area (TPSA) is 77.4 Å². The molecule has 1 N–H and O–H groups in total. The Kier molecular flexibility index (Phi) is 2.90. The van der Waals surface area contributed by atoms with E-state index in [9.17, 15) is 4.79 Å². The van der Waals surface area contributed by atoms with Gasteiger partial charge in [0.05, 0.1) is 7.11 Å². The molecule has 0 unspecified atom stereocenters. The summed E-state index contributed by atoms with van der Waals surface area (Å²) in [5.74, 6) is 1.01. The number of H-pyrrole nitrogens is 1. The molecule has 0 aliphatic heterocycles. The molecule has 2 aromatic rings. The van der Waals surface area contributed by atoms with Gasteiger partial charge in [0.1, 0.15) is 11.5 Å². The molecular weight excluding hydrogens is 212 g/mol. The van der Waals surface area contributed by atoms with Gasteiger partial charge in [-0.2, -0.15) is 0 Å². The maximum absolute atomic E-state index is 10.6. The first-order chi connectivity index (χ1) is 7.78. The van der Waals surface area contributed by atoms with E-state index in [0.717, 1.165) is 5.75 Å². The molecule has 16 heavy (non-hydrogen) atoms. The molecule has 0 aliphatic carbocycles. The molecule has 84 valence electrons. The second kappa shape index (κ2) is 4.52. The Morgan fingerprint density at radius 1 is 1.31 bits per heavy atom. The highest BCUT2D eigenvalue weighted by atomic mass is 16.5. The summed E-state index contributed by atoms with van der Waals surface area (Å²) in [6.45, 7) is 0.102. The molecule has 0 radical (unpaired) electrons. The molecule has 1 aromatic heterocycles. The lowest BCUT2D eigenvalue weighted by atomic mass is 10.3. The highest BCUT2D eigenvalue weighted by Gasteiger charge is 2.02. The minimum atomic E-state index is -0.590. The molecule has 0 atom stereocenters. The summed E-state index contributed by atoms with van der Waals surface area (Å²) in [5, 5.41) is 5.76. The van der Waals surface area contributed by atoms with Crippen molar-refractivity contribution in [1.29, 1.82) is 0 Å². The fourth-order valence-corrected chi connectivity index (χ4v) is 1.14. The van der Waals surface area contributed by atoms with Crippen molar-refractivity contribution in [3.63, 3.8) is 0 Å². The Morgan fingerprint density at radius 3 is 2.56 bits per heavy atom. The Hall–Kier alpha value is -2.24. The van der Waals surface area contributed by atoms with Crippen molar-refractivity contribution in [2.75, 3.05) is 7.11 Å². The van der Waals surface area contributed by atoms with E-state index in [-0.39, 0.29) is 12.5 Å². The van der Waals surface area contributed by atoms with E-state index < -0.39 is 5.76 Å². The summed E-state index contributed by atoms with van der Waals surface area (Å²) in [7, 11) is 1.59. The summed E-state index contributed by atoms with van der Waals surface area (Å²) < 4.78 is 15.0. The third-order valence-corrected chi connectivity index (χ3v) is 1.90. The van der Waals surface area contributed by atoms with Crippen molar-refractivity contribution in [1.82, 2.24) is 10.2 Å². The third kappa shape index (κ3) is 2.41. The average Bonchev–Trinajstić information content (AvgIpc) is 2.73. The number of hydrogen-bond donors (Lipinski definition) is 1. The first kappa shape index (κ1) is 10.3. The molecule has 1 heterocycles. The van der Waals surface area contributed by atoms with Crippen molar-refractivity contribution in [3.05, 3.63) is 40.7 Å². The van der Waals surface area contributed by atoms with Crippen LogP contribution in [0.25, 0.3) is 0 Å². The van der Waals surface area contributed by atoms with Gasteiger partial charge in [-0.15, -0.1) is 5.10 Å². The van der Waals surface area contributed by atoms with E-state index in [2.05, 4.69) is 14.6 Å². The predicted octanol–water partition coefficient (Wildman–Crippen LogP) is 0.950. The van der Waals surface area contributed by atoms with Gasteiger partial charge >= 0.3 is 5.76 Å². The zero-order valence-electron chi connectivity index (χ0n) is 8.60. The molecule has 0 saturated heterocycles. The maximum Gasteiger partial charge on any atom is 0.434 e. The summed E-state index contributed by atoms with van der Waals surface area (Å²) >= 11 is 0. The molecule has 0 spiro atoms. The van der Waals surface area contributed by atoms with Crippen LogP contribution in [-0.4, -0.2) is 17.3 Å². The number of hydrogen-bond acceptors (Lipinski definition) is 5. The average molecular weight is 222 g/mol. The summed E-state index contributed by atoms with van der Waals surface area (Å²) in [6.07, 6.45) is 0. The molecule has 6 nitrogen and oxygen atoms in total. The first-order valence-electron chi connectivity index (χ1n) is 4.59. The van der Waals surface area contributed by atoms with Gasteiger partial charge in [0.2, 0.25) is 0 Å². The predicted molar refractivity (Wildman–Crippen MR) is 54.4 cm³/mol. The molecule has 0 amide bonds. The number of benzene rings is 1. The fraction of sp³-hybridized carbons (Fsp3) is 0.200. The number of rotatable bonds is 4. The smallest absolute Gasteiger partial charge is 0.434 e. The van der Waals surface area contributed by atoms with Crippen molar-refractivity contribution in [2.45, 2.75) is 6.61 Å². The zero-order valence-corrected chi connectivity index (χ0v) is 8.60. The summed E-state index contributed by atoms with van der Waals surface area (Å²) in [5.41, 5.74) is 0. The van der Waals surface area contributed by atoms with Crippen LogP contribution in [0.5, 0.6) is 11.5 Å². The molecule has 0 fully saturated rings. The minimum absolute atomic E-state index is 0.102. The number of aromatic amines is 1. The Balaban J connectivity index is 1.96. The van der Waals surface area contributed by atoms with Crippen LogP contribution in [0.2, 0.25) is 0 Å². The van der Waals surface area contributed by atoms with Crippen LogP contribution in [0.4, 0.5) is 0 Å². The van der Waals surface area contributed by atoms with E-state index >= 15 is 0 Å². The normalized spacial score (nSPS) is 10.1. The lowest BCUT2D eigenvalue weighted by molar-refractivity contribution is 0.259. The monoisotopic (exact) mass is 222 g/mol. The number of nitrogens with zero attached hydrogens (tertiary/aromatic N) is 1. The SMILES string of the molecule is COc1ccc(OCc2n[nH]c(=O)o2)cc1. The van der Waals surface area contributed by atoms with Crippen molar-refractivity contribution in [3.8, 4) is 11.5 Å². The van der Waals surface area contributed by atoms with Gasteiger partial charge in [0.25, 0.3) is 5.89 Å². The Labute approximate surface area is 90.8 Å². The van der Waals surface area contributed by atoms with Gasteiger partial charge in [-0.05, 0) is 24.3 Å². The van der Waals surface area contributed by atoms with E-state index in [4.69, 9.17) is 9.47 Å². The number of methoxy groups -OCH3 is 1. The van der Waals surface area contributed by atoms with Gasteiger partial charge in [-0.25, -0.2) is 9.89 Å². The van der Waals surface area contributed by atoms with Crippen LogP contribution in [0.3, 0.4) is 0 Å². The third-order valence-electron chi connectivity index (χ3n) is 1.90. The molecular formula is C10H10N2O4. The van der Waals surface area contributed by atoms with Crippen molar-refractivity contribution >= 4 is 0 Å². The van der Waals surface area contributed by atoms with Crippen molar-refractivity contribution in [2.24, 2.45) is 0 Å². The lowest BCUT2D eigenvalue weighted by Gasteiger charge is -2.04. The molecule has 6 heteroatoms. The lowest BCUT2D eigenvalue weighted by Crippen LogP contribution is -1.96. The van der Waals surface area contributed by atoms with E-state index in [1.807, 2.05) is 0 Å². The number of aromatic nitrogens is 2. The molecule has 1 aromatic carbocycles. The van der Waals surface area contributed by atoms with Crippen LogP contribution in [0, 0.1) is 0 Å². The molecule has 0 bridgehead atoms. The highest BCUT2D eigenvalue weighted by molar-refractivity contribution is 5.31. The second-order valence-electron chi connectivity index (χ2n) is 2.97. The standard InChI is InChI=1S/C10H10N2O4/c1-14-7-2-4-8(5-3-7)15-6-9-11-12-10(13)16-9/h2-5H,6H2,1H3,(H,12,13). The number of ether oxygens (including phenoxy) is 2. The minimum Gasteiger partial charge on any atom is -0.497 e. The Morgan fingerprint density at radius 2 is 2.00 bits per heavy atom. The molecule has 0 aliphatic rings. The zero-order chi connectivity index (χ0) is 11.4. The van der Waals surface area contributed by atoms with E-state index in [1.165, 1.54) is 0 Å². The van der Waals surface area contributed by atoms with Crippen LogP contribution in [0.15, 0.2) is 33.5 Å². The largest absolute Gasteiger partial charge is 0.497 e. The number of nitrogens with one attached hydrogen (secondary N) is 1. The van der Waals surface area contributed by atoms with Crippen LogP contribution in [0.1, 0.15) is 5.89 Å². The van der Waals surface area contributed by atoms with E-state index in [0.29, 0.717) is 5.75 Å². The van der Waals surface area contributed by atoms with Crippen LogP contribution >= 0.6 is 0 Å². The van der Waals surface area contributed by atoms with Crippen molar-refractivity contribution < 1.29 is 13.9 Å². The first-order valence-corrected chi connectivity index (χ1v) is 4.59.